The monoisotopic (exact) mass is 193 g/mol. The summed E-state index contributed by atoms with van der Waals surface area (Å²) in [6, 6.07) is 2.95. The van der Waals surface area contributed by atoms with E-state index in [1.807, 2.05) is 0 Å². The molecular weight excluding hydrogens is 186 g/mol. The summed E-state index contributed by atoms with van der Waals surface area (Å²) in [7, 11) is 0. The lowest BCUT2D eigenvalue weighted by Crippen LogP contribution is -2.21. The number of hydrogen-bond acceptors (Lipinski definition) is 4. The second-order valence-corrected chi connectivity index (χ2v) is 2.73. The molecule has 0 aliphatic heterocycles. The molecule has 0 aliphatic carbocycles. The van der Waals surface area contributed by atoms with Crippen molar-refractivity contribution in [1.29, 1.82) is 5.26 Å². The zero-order valence-corrected chi connectivity index (χ0v) is 7.43. The Morgan fingerprint density at radius 3 is 2.86 bits per heavy atom. The Labute approximate surface area is 79.2 Å². The summed E-state index contributed by atoms with van der Waals surface area (Å²) in [5.41, 5.74) is -0.302. The third kappa shape index (κ3) is 1.77. The smallest absolute Gasteiger partial charge is 0.286 e. The van der Waals surface area contributed by atoms with E-state index in [0.29, 0.717) is 0 Å². The van der Waals surface area contributed by atoms with E-state index in [1.54, 1.807) is 6.07 Å². The minimum absolute atomic E-state index is 0.179. The molecule has 0 amide bonds. The van der Waals surface area contributed by atoms with Crippen molar-refractivity contribution < 1.29 is 4.92 Å². The summed E-state index contributed by atoms with van der Waals surface area (Å²) in [6.07, 6.45) is 1.07. The van der Waals surface area contributed by atoms with Gasteiger partial charge < -0.3 is 0 Å². The highest BCUT2D eigenvalue weighted by atomic mass is 16.6. The molecule has 0 saturated carbocycles. The Balaban J connectivity index is 3.37. The summed E-state index contributed by atoms with van der Waals surface area (Å²) in [4.78, 5) is 21.2. The molecule has 0 radical (unpaired) electrons. The van der Waals surface area contributed by atoms with E-state index in [0.717, 1.165) is 10.8 Å². The van der Waals surface area contributed by atoms with Crippen molar-refractivity contribution in [1.82, 2.24) is 4.57 Å². The predicted octanol–water partition coefficient (Wildman–Crippen LogP) is 0.588. The fraction of sp³-hybridized carbons (Fsp3) is 0.250. The summed E-state index contributed by atoms with van der Waals surface area (Å²) in [5.74, 6) is 0. The van der Waals surface area contributed by atoms with Gasteiger partial charge in [-0.25, -0.2) is 0 Å². The van der Waals surface area contributed by atoms with E-state index >= 15 is 0 Å². The van der Waals surface area contributed by atoms with Crippen LogP contribution in [0.1, 0.15) is 5.56 Å². The van der Waals surface area contributed by atoms with Crippen LogP contribution < -0.4 is 5.56 Å². The molecule has 0 aromatic carbocycles. The van der Waals surface area contributed by atoms with E-state index in [2.05, 4.69) is 0 Å². The number of aromatic nitrogens is 1. The van der Waals surface area contributed by atoms with Crippen molar-refractivity contribution in [3.05, 3.63) is 38.3 Å². The van der Waals surface area contributed by atoms with E-state index in [1.165, 1.54) is 13.0 Å². The van der Waals surface area contributed by atoms with Gasteiger partial charge in [0.25, 0.3) is 11.2 Å². The fourth-order valence-corrected chi connectivity index (χ4v) is 1.06. The van der Waals surface area contributed by atoms with Crippen LogP contribution in [0.25, 0.3) is 0 Å². The van der Waals surface area contributed by atoms with Gasteiger partial charge in [0, 0.05) is 11.6 Å². The van der Waals surface area contributed by atoms with Crippen LogP contribution in [0.5, 0.6) is 0 Å². The minimum Gasteiger partial charge on any atom is -0.295 e. The second kappa shape index (κ2) is 3.70. The molecule has 0 saturated heterocycles. The molecule has 0 unspecified atom stereocenters. The van der Waals surface area contributed by atoms with Crippen LogP contribution in [0.4, 0.5) is 5.69 Å². The van der Waals surface area contributed by atoms with Crippen molar-refractivity contribution in [3.8, 4) is 6.07 Å². The standard InChI is InChI=1S/C8H7N3O3/c1-6-4-7(11(13)14)5-10(3-2-9)8(6)12/h4-5H,3H2,1H3. The molecule has 1 rings (SSSR count). The zero-order chi connectivity index (χ0) is 10.7. The van der Waals surface area contributed by atoms with Gasteiger partial charge in [-0.15, -0.1) is 0 Å². The predicted molar refractivity (Wildman–Crippen MR) is 47.7 cm³/mol. The topological polar surface area (TPSA) is 88.9 Å². The van der Waals surface area contributed by atoms with Gasteiger partial charge in [0.15, 0.2) is 0 Å². The van der Waals surface area contributed by atoms with Gasteiger partial charge in [0.1, 0.15) is 6.54 Å². The highest BCUT2D eigenvalue weighted by Crippen LogP contribution is 2.08. The Morgan fingerprint density at radius 2 is 2.36 bits per heavy atom. The van der Waals surface area contributed by atoms with E-state index < -0.39 is 4.92 Å². The number of aryl methyl sites for hydroxylation is 1. The van der Waals surface area contributed by atoms with Crippen LogP contribution in [0.15, 0.2) is 17.1 Å². The lowest BCUT2D eigenvalue weighted by molar-refractivity contribution is -0.385. The molecule has 6 nitrogen and oxygen atoms in total. The summed E-state index contributed by atoms with van der Waals surface area (Å²) >= 11 is 0. The minimum atomic E-state index is -0.597. The molecule has 0 spiro atoms. The Bertz CT molecular complexity index is 470. The first-order chi connectivity index (χ1) is 6.56. The van der Waals surface area contributed by atoms with Crippen LogP contribution in [-0.2, 0) is 6.54 Å². The van der Waals surface area contributed by atoms with Crippen LogP contribution in [0.2, 0.25) is 0 Å². The van der Waals surface area contributed by atoms with Gasteiger partial charge in [0.2, 0.25) is 0 Å². The zero-order valence-electron chi connectivity index (χ0n) is 7.43. The highest BCUT2D eigenvalue weighted by molar-refractivity contribution is 5.30. The SMILES string of the molecule is Cc1cc([N+](=O)[O-])cn(CC#N)c1=O. The number of hydrogen-bond donors (Lipinski definition) is 0. The molecule has 6 heteroatoms. The molecule has 14 heavy (non-hydrogen) atoms. The number of nitriles is 1. The number of nitrogens with zero attached hydrogens (tertiary/aromatic N) is 3. The van der Waals surface area contributed by atoms with Crippen molar-refractivity contribution >= 4 is 5.69 Å². The van der Waals surface area contributed by atoms with Gasteiger partial charge in [-0.2, -0.15) is 5.26 Å². The molecule has 1 aromatic heterocycles. The van der Waals surface area contributed by atoms with Crippen LogP contribution in [-0.4, -0.2) is 9.49 Å². The van der Waals surface area contributed by atoms with Crippen molar-refractivity contribution in [2.24, 2.45) is 0 Å². The maximum absolute atomic E-state index is 11.3. The van der Waals surface area contributed by atoms with Gasteiger partial charge in [-0.3, -0.25) is 19.5 Å². The number of nitro groups is 1. The Kier molecular flexibility index (Phi) is 2.62. The maximum atomic E-state index is 11.3. The van der Waals surface area contributed by atoms with Crippen molar-refractivity contribution in [3.63, 3.8) is 0 Å². The summed E-state index contributed by atoms with van der Waals surface area (Å²) in [6.45, 7) is 1.30. The third-order valence-electron chi connectivity index (χ3n) is 1.70. The molecule has 72 valence electrons. The van der Waals surface area contributed by atoms with Gasteiger partial charge in [-0.1, -0.05) is 0 Å². The molecule has 0 N–H and O–H groups in total. The van der Waals surface area contributed by atoms with Crippen LogP contribution in [0.3, 0.4) is 0 Å². The second-order valence-electron chi connectivity index (χ2n) is 2.73. The highest BCUT2D eigenvalue weighted by Gasteiger charge is 2.10. The Hall–Kier alpha value is -2.16. The first-order valence-electron chi connectivity index (χ1n) is 3.78. The van der Waals surface area contributed by atoms with E-state index in [-0.39, 0.29) is 23.4 Å². The summed E-state index contributed by atoms with van der Waals surface area (Å²) < 4.78 is 1.02. The number of rotatable bonds is 2. The largest absolute Gasteiger partial charge is 0.295 e. The Morgan fingerprint density at radius 1 is 1.71 bits per heavy atom. The maximum Gasteiger partial charge on any atom is 0.286 e. The average Bonchev–Trinajstić information content (AvgIpc) is 2.12. The van der Waals surface area contributed by atoms with Crippen molar-refractivity contribution in [2.75, 3.05) is 0 Å². The lowest BCUT2D eigenvalue weighted by Gasteiger charge is -2.00. The van der Waals surface area contributed by atoms with Gasteiger partial charge >= 0.3 is 0 Å². The molecule has 1 aromatic rings. The van der Waals surface area contributed by atoms with Gasteiger partial charge in [-0.05, 0) is 6.92 Å². The van der Waals surface area contributed by atoms with Gasteiger partial charge in [0.05, 0.1) is 17.2 Å². The number of pyridine rings is 1. The molecular formula is C8H7N3O3. The fourth-order valence-electron chi connectivity index (χ4n) is 1.06. The first kappa shape index (κ1) is 9.92. The van der Waals surface area contributed by atoms with E-state index in [9.17, 15) is 14.9 Å². The molecule has 1 heterocycles. The molecule has 0 fully saturated rings. The average molecular weight is 193 g/mol. The van der Waals surface area contributed by atoms with Crippen LogP contribution >= 0.6 is 0 Å². The summed E-state index contributed by atoms with van der Waals surface area (Å²) in [5, 5.41) is 18.8. The molecule has 0 bridgehead atoms. The quantitative estimate of drug-likeness (QED) is 0.507. The molecule has 0 aliphatic rings. The normalized spacial score (nSPS) is 9.43. The van der Waals surface area contributed by atoms with E-state index in [4.69, 9.17) is 5.26 Å². The lowest BCUT2D eigenvalue weighted by atomic mass is 10.3. The van der Waals surface area contributed by atoms with Crippen molar-refractivity contribution in [2.45, 2.75) is 13.5 Å². The first-order valence-corrected chi connectivity index (χ1v) is 3.78. The molecule has 0 atom stereocenters. The van der Waals surface area contributed by atoms with Crippen LogP contribution in [0, 0.1) is 28.4 Å². The third-order valence-corrected chi connectivity index (χ3v) is 1.70.